The summed E-state index contributed by atoms with van der Waals surface area (Å²) < 4.78 is 0. The summed E-state index contributed by atoms with van der Waals surface area (Å²) in [5.41, 5.74) is 3.38. The van der Waals surface area contributed by atoms with E-state index in [-0.39, 0.29) is 11.5 Å². The predicted octanol–water partition coefficient (Wildman–Crippen LogP) is 3.15. The summed E-state index contributed by atoms with van der Waals surface area (Å²) in [6, 6.07) is 26.4. The number of amides is 3. The van der Waals surface area contributed by atoms with Crippen molar-refractivity contribution >= 4 is 23.8 Å². The fraction of sp³-hybridized carbons (Fsp3) is 0.179. The van der Waals surface area contributed by atoms with Crippen LogP contribution in [-0.4, -0.2) is 37.9 Å². The van der Waals surface area contributed by atoms with Crippen LogP contribution in [0.2, 0.25) is 0 Å². The molecule has 0 aliphatic rings. The van der Waals surface area contributed by atoms with Gasteiger partial charge in [-0.2, -0.15) is 0 Å². The summed E-state index contributed by atoms with van der Waals surface area (Å²) in [5.74, 6) is -1.08. The van der Waals surface area contributed by atoms with E-state index in [1.54, 1.807) is 37.4 Å². The highest BCUT2D eigenvalue weighted by Gasteiger charge is 2.18. The molecule has 3 aromatic rings. The Labute approximate surface area is 200 Å². The molecule has 0 fully saturated rings. The number of carbonyl (C=O) groups is 3. The number of carbonyl (C=O) groups excluding carboxylic acids is 3. The summed E-state index contributed by atoms with van der Waals surface area (Å²) in [4.78, 5) is 37.6. The van der Waals surface area contributed by atoms with Gasteiger partial charge in [0.1, 0.15) is 5.57 Å². The zero-order chi connectivity index (χ0) is 24.2. The zero-order valence-corrected chi connectivity index (χ0v) is 19.2. The molecule has 0 aromatic heterocycles. The van der Waals surface area contributed by atoms with Crippen LogP contribution in [0.1, 0.15) is 27.0 Å². The van der Waals surface area contributed by atoms with E-state index in [0.717, 1.165) is 11.1 Å². The van der Waals surface area contributed by atoms with E-state index in [9.17, 15) is 14.4 Å². The van der Waals surface area contributed by atoms with Crippen molar-refractivity contribution in [2.24, 2.45) is 0 Å². The van der Waals surface area contributed by atoms with Crippen LogP contribution in [0.3, 0.4) is 0 Å². The average molecular weight is 456 g/mol. The molecule has 0 atom stereocenters. The van der Waals surface area contributed by atoms with Crippen LogP contribution in [0, 0.1) is 0 Å². The minimum Gasteiger partial charge on any atom is -0.355 e. The predicted molar refractivity (Wildman–Crippen MR) is 134 cm³/mol. The smallest absolute Gasteiger partial charge is 0.256 e. The molecule has 3 amide bonds. The minimum atomic E-state index is -0.441. The first-order chi connectivity index (χ1) is 16.6. The van der Waals surface area contributed by atoms with Gasteiger partial charge in [-0.25, -0.2) is 0 Å². The molecule has 6 nitrogen and oxygen atoms in total. The highest BCUT2D eigenvalue weighted by atomic mass is 16.2. The van der Waals surface area contributed by atoms with Crippen molar-refractivity contribution in [1.29, 1.82) is 0 Å². The van der Waals surface area contributed by atoms with Crippen molar-refractivity contribution in [3.8, 4) is 0 Å². The Morgan fingerprint density at radius 1 is 0.676 bits per heavy atom. The van der Waals surface area contributed by atoms with Gasteiger partial charge in [0, 0.05) is 25.7 Å². The third-order valence-corrected chi connectivity index (χ3v) is 5.28. The van der Waals surface area contributed by atoms with Gasteiger partial charge in [0.15, 0.2) is 0 Å². The Bertz CT molecular complexity index is 1070. The summed E-state index contributed by atoms with van der Waals surface area (Å²) in [5, 5.41) is 8.26. The summed E-state index contributed by atoms with van der Waals surface area (Å²) in [7, 11) is 1.56. The molecule has 0 bridgehead atoms. The molecular weight excluding hydrogens is 426 g/mol. The Hall–Kier alpha value is -4.19. The fourth-order valence-corrected chi connectivity index (χ4v) is 3.40. The van der Waals surface area contributed by atoms with Crippen LogP contribution in [0.5, 0.6) is 0 Å². The Morgan fingerprint density at radius 3 is 1.59 bits per heavy atom. The zero-order valence-electron chi connectivity index (χ0n) is 19.2. The van der Waals surface area contributed by atoms with E-state index < -0.39 is 11.8 Å². The quantitative estimate of drug-likeness (QED) is 0.249. The highest BCUT2D eigenvalue weighted by Crippen LogP contribution is 2.11. The van der Waals surface area contributed by atoms with E-state index in [0.29, 0.717) is 37.1 Å². The van der Waals surface area contributed by atoms with Gasteiger partial charge < -0.3 is 16.0 Å². The molecule has 0 saturated carbocycles. The third-order valence-electron chi connectivity index (χ3n) is 5.28. The van der Waals surface area contributed by atoms with Gasteiger partial charge in [0.2, 0.25) is 0 Å². The molecule has 0 spiro atoms. The van der Waals surface area contributed by atoms with E-state index in [4.69, 9.17) is 0 Å². The molecule has 3 rings (SSSR count). The maximum atomic E-state index is 12.9. The van der Waals surface area contributed by atoms with Gasteiger partial charge in [0.05, 0.1) is 0 Å². The second kappa shape index (κ2) is 12.7. The standard InChI is InChI=1S/C28H29N3O3/c1-29-26(32)24-14-12-23(13-15-24)20-25(27(33)30-18-16-21-8-4-2-5-9-21)28(34)31-19-17-22-10-6-3-7-11-22/h2-15,20H,16-19H2,1H3,(H,29,32)(H,30,33)(H,31,34). The van der Waals surface area contributed by atoms with Gasteiger partial charge >= 0.3 is 0 Å². The van der Waals surface area contributed by atoms with Crippen LogP contribution in [-0.2, 0) is 22.4 Å². The number of benzene rings is 3. The first-order valence-corrected chi connectivity index (χ1v) is 11.2. The van der Waals surface area contributed by atoms with E-state index >= 15 is 0 Å². The molecule has 0 saturated heterocycles. The normalized spacial score (nSPS) is 10.1. The van der Waals surface area contributed by atoms with Gasteiger partial charge in [-0.05, 0) is 47.7 Å². The largest absolute Gasteiger partial charge is 0.355 e. The molecular formula is C28H29N3O3. The number of hydrogen-bond acceptors (Lipinski definition) is 3. The second-order valence-electron chi connectivity index (χ2n) is 7.74. The van der Waals surface area contributed by atoms with Crippen LogP contribution < -0.4 is 16.0 Å². The van der Waals surface area contributed by atoms with Gasteiger partial charge in [-0.3, -0.25) is 14.4 Å². The third kappa shape index (κ3) is 7.45. The van der Waals surface area contributed by atoms with Gasteiger partial charge in [-0.15, -0.1) is 0 Å². The molecule has 0 aliphatic heterocycles. The second-order valence-corrected chi connectivity index (χ2v) is 7.74. The first kappa shape index (κ1) is 24.5. The van der Waals surface area contributed by atoms with Crippen molar-refractivity contribution in [2.45, 2.75) is 12.8 Å². The van der Waals surface area contributed by atoms with Crippen molar-refractivity contribution in [2.75, 3.05) is 20.1 Å². The Morgan fingerprint density at radius 2 is 1.15 bits per heavy atom. The maximum Gasteiger partial charge on any atom is 0.256 e. The van der Waals surface area contributed by atoms with E-state index in [2.05, 4.69) is 16.0 Å². The van der Waals surface area contributed by atoms with Crippen molar-refractivity contribution in [3.05, 3.63) is 113 Å². The number of hydrogen-bond donors (Lipinski definition) is 3. The minimum absolute atomic E-state index is 0.0221. The molecule has 174 valence electrons. The first-order valence-electron chi connectivity index (χ1n) is 11.2. The molecule has 6 heteroatoms. The average Bonchev–Trinajstić information content (AvgIpc) is 2.88. The SMILES string of the molecule is CNC(=O)c1ccc(C=C(C(=O)NCCc2ccccc2)C(=O)NCCc2ccccc2)cc1. The van der Waals surface area contributed by atoms with Crippen LogP contribution in [0.4, 0.5) is 0 Å². The Kier molecular flexibility index (Phi) is 9.17. The monoisotopic (exact) mass is 455 g/mol. The lowest BCUT2D eigenvalue weighted by Crippen LogP contribution is -2.36. The summed E-state index contributed by atoms with van der Waals surface area (Å²) in [6.45, 7) is 0.820. The lowest BCUT2D eigenvalue weighted by Gasteiger charge is -2.11. The molecule has 0 unspecified atom stereocenters. The highest BCUT2D eigenvalue weighted by molar-refractivity contribution is 6.21. The van der Waals surface area contributed by atoms with Crippen molar-refractivity contribution in [3.63, 3.8) is 0 Å². The number of rotatable bonds is 10. The topological polar surface area (TPSA) is 87.3 Å². The summed E-state index contributed by atoms with van der Waals surface area (Å²) >= 11 is 0. The number of nitrogens with one attached hydrogen (secondary N) is 3. The molecule has 0 heterocycles. The van der Waals surface area contributed by atoms with Crippen molar-refractivity contribution < 1.29 is 14.4 Å². The van der Waals surface area contributed by atoms with Crippen LogP contribution in [0.25, 0.3) is 6.08 Å². The molecule has 0 aliphatic carbocycles. The molecule has 3 aromatic carbocycles. The van der Waals surface area contributed by atoms with Gasteiger partial charge in [0.25, 0.3) is 17.7 Å². The van der Waals surface area contributed by atoms with Crippen LogP contribution >= 0.6 is 0 Å². The van der Waals surface area contributed by atoms with Gasteiger partial charge in [-0.1, -0.05) is 72.8 Å². The summed E-state index contributed by atoms with van der Waals surface area (Å²) in [6.07, 6.45) is 2.87. The lowest BCUT2D eigenvalue weighted by molar-refractivity contribution is -0.123. The molecule has 34 heavy (non-hydrogen) atoms. The van der Waals surface area contributed by atoms with E-state index in [1.165, 1.54) is 0 Å². The maximum absolute atomic E-state index is 12.9. The van der Waals surface area contributed by atoms with E-state index in [1.807, 2.05) is 60.7 Å². The Balaban J connectivity index is 1.69. The van der Waals surface area contributed by atoms with Crippen LogP contribution in [0.15, 0.2) is 90.5 Å². The fourth-order valence-electron chi connectivity index (χ4n) is 3.40. The molecule has 0 radical (unpaired) electrons. The van der Waals surface area contributed by atoms with Crippen molar-refractivity contribution in [1.82, 2.24) is 16.0 Å². The lowest BCUT2D eigenvalue weighted by atomic mass is 10.1. The molecule has 3 N–H and O–H groups in total.